The number of methoxy groups -OCH3 is 1. The van der Waals surface area contributed by atoms with Gasteiger partial charge in [0.1, 0.15) is 10.9 Å². The van der Waals surface area contributed by atoms with E-state index in [4.69, 9.17) is 21.1 Å². The first kappa shape index (κ1) is 24.9. The minimum absolute atomic E-state index is 0.222. The number of pyridine rings is 1. The number of halogens is 1. The zero-order valence-electron chi connectivity index (χ0n) is 20.7. The summed E-state index contributed by atoms with van der Waals surface area (Å²) in [6.45, 7) is 5.73. The first-order valence-electron chi connectivity index (χ1n) is 11.7. The Morgan fingerprint density at radius 1 is 1.16 bits per heavy atom. The van der Waals surface area contributed by atoms with Crippen molar-refractivity contribution in [2.24, 2.45) is 4.99 Å². The molecule has 0 aliphatic carbocycles. The summed E-state index contributed by atoms with van der Waals surface area (Å²) in [5.41, 5.74) is 3.78. The van der Waals surface area contributed by atoms with Gasteiger partial charge in [-0.1, -0.05) is 52.8 Å². The van der Waals surface area contributed by atoms with Crippen LogP contribution in [0.4, 0.5) is 0 Å². The van der Waals surface area contributed by atoms with Crippen molar-refractivity contribution in [3.63, 3.8) is 0 Å². The molecule has 4 aromatic rings. The Balaban J connectivity index is 1.70. The Labute approximate surface area is 222 Å². The fraction of sp³-hybridized carbons (Fsp3) is 0.214. The third-order valence-corrected chi connectivity index (χ3v) is 7.49. The fourth-order valence-corrected chi connectivity index (χ4v) is 5.60. The van der Waals surface area contributed by atoms with Crippen LogP contribution < -0.4 is 19.6 Å². The molecule has 3 heterocycles. The highest BCUT2D eigenvalue weighted by Gasteiger charge is 2.33. The lowest BCUT2D eigenvalue weighted by atomic mass is 9.95. The van der Waals surface area contributed by atoms with Gasteiger partial charge >= 0.3 is 5.97 Å². The highest BCUT2D eigenvalue weighted by molar-refractivity contribution is 7.07. The molecule has 0 fully saturated rings. The topological polar surface area (TPSA) is 82.8 Å². The van der Waals surface area contributed by atoms with Gasteiger partial charge in [-0.2, -0.15) is 0 Å². The van der Waals surface area contributed by atoms with Gasteiger partial charge in [-0.3, -0.25) is 9.36 Å². The van der Waals surface area contributed by atoms with Crippen molar-refractivity contribution in [1.82, 2.24) is 9.55 Å². The van der Waals surface area contributed by atoms with Crippen LogP contribution in [0.3, 0.4) is 0 Å². The van der Waals surface area contributed by atoms with Crippen molar-refractivity contribution in [2.75, 3.05) is 13.7 Å². The Hall–Kier alpha value is -3.75. The normalized spacial score (nSPS) is 15.5. The van der Waals surface area contributed by atoms with E-state index in [1.165, 1.54) is 11.3 Å². The number of benzene rings is 2. The molecule has 1 aliphatic heterocycles. The van der Waals surface area contributed by atoms with E-state index < -0.39 is 12.0 Å². The van der Waals surface area contributed by atoms with Gasteiger partial charge in [-0.05, 0) is 50.6 Å². The zero-order chi connectivity index (χ0) is 26.3. The van der Waals surface area contributed by atoms with E-state index in [0.29, 0.717) is 37.4 Å². The number of fused-ring (bicyclic) bond motifs is 2. The van der Waals surface area contributed by atoms with Gasteiger partial charge in [0, 0.05) is 17.0 Å². The highest BCUT2D eigenvalue weighted by Crippen LogP contribution is 2.31. The molecule has 0 amide bonds. The Kier molecular flexibility index (Phi) is 6.70. The summed E-state index contributed by atoms with van der Waals surface area (Å²) in [5, 5.41) is 1.13. The molecule has 0 radical (unpaired) electrons. The molecule has 5 rings (SSSR count). The number of hydrogen-bond donors (Lipinski definition) is 0. The molecule has 7 nitrogen and oxygen atoms in total. The lowest BCUT2D eigenvalue weighted by Crippen LogP contribution is -2.39. The molecular weight excluding hydrogens is 510 g/mol. The van der Waals surface area contributed by atoms with Crippen molar-refractivity contribution in [3.05, 3.63) is 101 Å². The molecular formula is C28H24ClN3O4S. The second-order valence-corrected chi connectivity index (χ2v) is 10.0. The number of aryl methyl sites for hydroxylation is 1. The van der Waals surface area contributed by atoms with Crippen LogP contribution in [0.2, 0.25) is 5.15 Å². The molecule has 9 heteroatoms. The van der Waals surface area contributed by atoms with Crippen molar-refractivity contribution in [1.29, 1.82) is 0 Å². The largest absolute Gasteiger partial charge is 0.497 e. The van der Waals surface area contributed by atoms with Gasteiger partial charge in [-0.15, -0.1) is 0 Å². The summed E-state index contributed by atoms with van der Waals surface area (Å²) < 4.78 is 12.6. The predicted octanol–water partition coefficient (Wildman–Crippen LogP) is 4.32. The average Bonchev–Trinajstić information content (AvgIpc) is 3.18. The van der Waals surface area contributed by atoms with Crippen LogP contribution in [0.5, 0.6) is 5.75 Å². The number of aromatic nitrogens is 2. The van der Waals surface area contributed by atoms with Crippen molar-refractivity contribution >= 4 is 45.9 Å². The second-order valence-electron chi connectivity index (χ2n) is 8.64. The van der Waals surface area contributed by atoms with Crippen LogP contribution in [-0.4, -0.2) is 29.2 Å². The van der Waals surface area contributed by atoms with Crippen LogP contribution in [0.1, 0.15) is 36.6 Å². The number of thiazole rings is 1. The molecule has 0 saturated carbocycles. The van der Waals surface area contributed by atoms with E-state index in [-0.39, 0.29) is 17.3 Å². The van der Waals surface area contributed by atoms with Crippen molar-refractivity contribution in [3.8, 4) is 5.75 Å². The number of rotatable bonds is 5. The van der Waals surface area contributed by atoms with Crippen LogP contribution in [-0.2, 0) is 9.53 Å². The quantitative estimate of drug-likeness (QED) is 0.282. The molecule has 188 valence electrons. The third kappa shape index (κ3) is 4.58. The fourth-order valence-electron chi connectivity index (χ4n) is 4.36. The number of carbonyl (C=O) groups excluding carboxylic acids is 1. The molecule has 2 aromatic carbocycles. The molecule has 0 spiro atoms. The first-order valence-corrected chi connectivity index (χ1v) is 12.9. The second kappa shape index (κ2) is 9.95. The number of ether oxygens (including phenoxy) is 2. The van der Waals surface area contributed by atoms with Gasteiger partial charge in [0.15, 0.2) is 4.80 Å². The maximum Gasteiger partial charge on any atom is 0.338 e. The van der Waals surface area contributed by atoms with Crippen LogP contribution in [0.25, 0.3) is 17.0 Å². The smallest absolute Gasteiger partial charge is 0.338 e. The summed E-state index contributed by atoms with van der Waals surface area (Å²) in [6, 6.07) is 14.5. The maximum atomic E-state index is 13.8. The molecule has 1 atom stereocenters. The number of hydrogen-bond acceptors (Lipinski definition) is 7. The number of carbonyl (C=O) groups is 1. The Morgan fingerprint density at radius 2 is 1.92 bits per heavy atom. The van der Waals surface area contributed by atoms with Crippen LogP contribution in [0.15, 0.2) is 69.6 Å². The van der Waals surface area contributed by atoms with E-state index in [9.17, 15) is 9.59 Å². The molecule has 0 unspecified atom stereocenters. The average molecular weight is 534 g/mol. The van der Waals surface area contributed by atoms with Crippen LogP contribution in [0, 0.1) is 6.92 Å². The molecule has 1 aliphatic rings. The summed E-state index contributed by atoms with van der Waals surface area (Å²) in [6.07, 6.45) is 1.72. The van der Waals surface area contributed by atoms with Crippen molar-refractivity contribution in [2.45, 2.75) is 26.8 Å². The minimum Gasteiger partial charge on any atom is -0.497 e. The molecule has 0 N–H and O–H groups in total. The molecule has 37 heavy (non-hydrogen) atoms. The Morgan fingerprint density at radius 3 is 2.62 bits per heavy atom. The summed E-state index contributed by atoms with van der Waals surface area (Å²) >= 11 is 7.75. The van der Waals surface area contributed by atoms with Crippen molar-refractivity contribution < 1.29 is 14.3 Å². The minimum atomic E-state index is -0.657. The number of nitrogens with zero attached hydrogens (tertiary/aromatic N) is 3. The lowest BCUT2D eigenvalue weighted by molar-refractivity contribution is -0.139. The molecule has 2 aromatic heterocycles. The lowest BCUT2D eigenvalue weighted by Gasteiger charge is -2.24. The van der Waals surface area contributed by atoms with Gasteiger partial charge in [0.2, 0.25) is 0 Å². The van der Waals surface area contributed by atoms with E-state index >= 15 is 0 Å². The highest BCUT2D eigenvalue weighted by atomic mass is 35.5. The maximum absolute atomic E-state index is 13.8. The third-order valence-electron chi connectivity index (χ3n) is 6.20. The number of allylic oxidation sites excluding steroid dienone is 1. The summed E-state index contributed by atoms with van der Waals surface area (Å²) in [4.78, 5) is 36.4. The van der Waals surface area contributed by atoms with Gasteiger partial charge in [0.05, 0.1) is 41.1 Å². The predicted molar refractivity (Wildman–Crippen MR) is 145 cm³/mol. The van der Waals surface area contributed by atoms with Gasteiger partial charge in [0.25, 0.3) is 5.56 Å². The zero-order valence-corrected chi connectivity index (χ0v) is 22.3. The SMILES string of the molecule is CCOC(=O)C1=C(C)N=c2s/c(=C/c3cc4ccc(OC)cc4nc3Cl)c(=O)n2[C@H]1c1ccc(C)cc1. The van der Waals surface area contributed by atoms with E-state index in [0.717, 1.165) is 16.5 Å². The summed E-state index contributed by atoms with van der Waals surface area (Å²) in [7, 11) is 1.59. The summed E-state index contributed by atoms with van der Waals surface area (Å²) in [5.74, 6) is 0.196. The molecule has 0 saturated heterocycles. The number of esters is 1. The van der Waals surface area contributed by atoms with E-state index in [1.54, 1.807) is 37.7 Å². The van der Waals surface area contributed by atoms with E-state index in [1.807, 2.05) is 49.4 Å². The monoisotopic (exact) mass is 533 g/mol. The first-order chi connectivity index (χ1) is 17.8. The Bertz CT molecular complexity index is 1750. The van der Waals surface area contributed by atoms with Gasteiger partial charge in [-0.25, -0.2) is 14.8 Å². The van der Waals surface area contributed by atoms with E-state index in [2.05, 4.69) is 9.98 Å². The van der Waals surface area contributed by atoms with Gasteiger partial charge < -0.3 is 9.47 Å². The standard InChI is InChI=1S/C28H24ClN3O4S/c1-5-36-27(34)23-16(3)30-28-32(24(23)17-8-6-15(2)7-9-17)26(33)22(37-28)13-19-12-18-10-11-20(35-4)14-21(18)31-25(19)29/h6-14,24H,5H2,1-4H3/b22-13+/t24-/m0/s1. The molecule has 0 bridgehead atoms. The van der Waals surface area contributed by atoms with Crippen LogP contribution >= 0.6 is 22.9 Å².